The Morgan fingerprint density at radius 1 is 0.773 bits per heavy atom. The molecule has 0 aromatic heterocycles. The molecule has 3 aromatic rings. The maximum Gasteiger partial charge on any atom is 0.127 e. The van der Waals surface area contributed by atoms with Gasteiger partial charge < -0.3 is 4.74 Å². The molecular formula is C21H18O. The molecule has 0 saturated heterocycles. The molecule has 0 fully saturated rings. The van der Waals surface area contributed by atoms with Gasteiger partial charge in [0.25, 0.3) is 0 Å². The summed E-state index contributed by atoms with van der Waals surface area (Å²) in [5.41, 5.74) is 4.55. The lowest BCUT2D eigenvalue weighted by Gasteiger charge is -2.12. The van der Waals surface area contributed by atoms with E-state index in [2.05, 4.69) is 49.0 Å². The zero-order valence-corrected chi connectivity index (χ0v) is 12.4. The monoisotopic (exact) mass is 286 g/mol. The van der Waals surface area contributed by atoms with Crippen molar-refractivity contribution in [3.63, 3.8) is 0 Å². The highest BCUT2D eigenvalue weighted by Gasteiger charge is 2.05. The predicted molar refractivity (Wildman–Crippen MR) is 92.7 cm³/mol. The smallest absolute Gasteiger partial charge is 0.127 e. The van der Waals surface area contributed by atoms with E-state index >= 15 is 0 Å². The average Bonchev–Trinajstić information content (AvgIpc) is 2.61. The standard InChI is InChI=1S/C21H18O/c1-2-17-12-14-18(15-13-17)16-22-21-11-7-6-10-20(21)19-8-4-3-5-9-19/h2-15H,1,16H2. The first-order valence-electron chi connectivity index (χ1n) is 7.35. The van der Waals surface area contributed by atoms with E-state index in [4.69, 9.17) is 4.74 Å². The first-order valence-corrected chi connectivity index (χ1v) is 7.35. The zero-order chi connectivity index (χ0) is 15.2. The van der Waals surface area contributed by atoms with Crippen LogP contribution in [-0.2, 0) is 6.61 Å². The molecule has 0 saturated carbocycles. The van der Waals surface area contributed by atoms with Crippen molar-refractivity contribution in [3.05, 3.63) is 96.6 Å². The largest absolute Gasteiger partial charge is 0.488 e. The quantitative estimate of drug-likeness (QED) is 0.595. The molecule has 108 valence electrons. The Labute approximate surface area is 131 Å². The molecule has 0 amide bonds. The predicted octanol–water partition coefficient (Wildman–Crippen LogP) is 5.58. The molecule has 22 heavy (non-hydrogen) atoms. The summed E-state index contributed by atoms with van der Waals surface area (Å²) in [5, 5.41) is 0. The van der Waals surface area contributed by atoms with E-state index in [1.165, 1.54) is 5.56 Å². The second-order valence-electron chi connectivity index (χ2n) is 5.10. The fraction of sp³-hybridized carbons (Fsp3) is 0.0476. The minimum atomic E-state index is 0.557. The molecule has 0 heterocycles. The van der Waals surface area contributed by atoms with Gasteiger partial charge in [-0.05, 0) is 22.8 Å². The zero-order valence-electron chi connectivity index (χ0n) is 12.4. The fourth-order valence-electron chi connectivity index (χ4n) is 2.36. The molecule has 0 spiro atoms. The third-order valence-electron chi connectivity index (χ3n) is 3.58. The van der Waals surface area contributed by atoms with Crippen LogP contribution in [0.2, 0.25) is 0 Å². The summed E-state index contributed by atoms with van der Waals surface area (Å²) in [6.45, 7) is 4.32. The molecule has 1 heteroatoms. The Balaban J connectivity index is 1.79. The number of ether oxygens (including phenoxy) is 1. The molecule has 0 atom stereocenters. The minimum absolute atomic E-state index is 0.557. The number of rotatable bonds is 5. The molecule has 0 bridgehead atoms. The van der Waals surface area contributed by atoms with Gasteiger partial charge in [-0.15, -0.1) is 0 Å². The van der Waals surface area contributed by atoms with Crippen molar-refractivity contribution in [1.82, 2.24) is 0 Å². The Morgan fingerprint density at radius 2 is 1.45 bits per heavy atom. The molecule has 3 rings (SSSR count). The van der Waals surface area contributed by atoms with Crippen LogP contribution in [0.3, 0.4) is 0 Å². The van der Waals surface area contributed by atoms with Crippen molar-refractivity contribution in [1.29, 1.82) is 0 Å². The maximum absolute atomic E-state index is 6.03. The summed E-state index contributed by atoms with van der Waals surface area (Å²) < 4.78 is 6.03. The van der Waals surface area contributed by atoms with E-state index in [9.17, 15) is 0 Å². The molecular weight excluding hydrogens is 268 g/mol. The van der Waals surface area contributed by atoms with Gasteiger partial charge in [0, 0.05) is 5.56 Å². The van der Waals surface area contributed by atoms with Crippen LogP contribution >= 0.6 is 0 Å². The summed E-state index contributed by atoms with van der Waals surface area (Å²) in [7, 11) is 0. The van der Waals surface area contributed by atoms with Crippen LogP contribution in [-0.4, -0.2) is 0 Å². The van der Waals surface area contributed by atoms with E-state index < -0.39 is 0 Å². The third-order valence-corrected chi connectivity index (χ3v) is 3.58. The molecule has 0 aliphatic carbocycles. The highest BCUT2D eigenvalue weighted by molar-refractivity contribution is 5.70. The molecule has 1 nitrogen and oxygen atoms in total. The summed E-state index contributed by atoms with van der Waals surface area (Å²) >= 11 is 0. The van der Waals surface area contributed by atoms with E-state index in [0.29, 0.717) is 6.61 Å². The van der Waals surface area contributed by atoms with Gasteiger partial charge >= 0.3 is 0 Å². The van der Waals surface area contributed by atoms with Crippen LogP contribution in [0.1, 0.15) is 11.1 Å². The summed E-state index contributed by atoms with van der Waals surface area (Å²) in [5.74, 6) is 0.904. The Bertz CT molecular complexity index is 742. The van der Waals surface area contributed by atoms with E-state index in [1.54, 1.807) is 0 Å². The Kier molecular flexibility index (Phi) is 4.35. The van der Waals surface area contributed by atoms with Gasteiger partial charge in [0.1, 0.15) is 12.4 Å². The van der Waals surface area contributed by atoms with Gasteiger partial charge in [-0.3, -0.25) is 0 Å². The average molecular weight is 286 g/mol. The molecule has 0 aliphatic rings. The molecule has 0 radical (unpaired) electrons. The van der Waals surface area contributed by atoms with Crippen molar-refractivity contribution in [2.45, 2.75) is 6.61 Å². The van der Waals surface area contributed by atoms with Gasteiger partial charge in [-0.1, -0.05) is 85.5 Å². The number of hydrogen-bond donors (Lipinski definition) is 0. The summed E-state index contributed by atoms with van der Waals surface area (Å²) in [6.07, 6.45) is 1.84. The molecule has 0 aliphatic heterocycles. The van der Waals surface area contributed by atoms with E-state index in [0.717, 1.165) is 22.4 Å². The topological polar surface area (TPSA) is 9.23 Å². The first-order chi connectivity index (χ1) is 10.9. The highest BCUT2D eigenvalue weighted by atomic mass is 16.5. The summed E-state index contributed by atoms with van der Waals surface area (Å²) in [4.78, 5) is 0. The van der Waals surface area contributed by atoms with Gasteiger partial charge in [0.15, 0.2) is 0 Å². The maximum atomic E-state index is 6.03. The lowest BCUT2D eigenvalue weighted by atomic mass is 10.0. The van der Waals surface area contributed by atoms with Gasteiger partial charge in [0.05, 0.1) is 0 Å². The van der Waals surface area contributed by atoms with Crippen molar-refractivity contribution in [2.24, 2.45) is 0 Å². The fourth-order valence-corrected chi connectivity index (χ4v) is 2.36. The number of para-hydroxylation sites is 1. The van der Waals surface area contributed by atoms with Crippen LogP contribution in [0.4, 0.5) is 0 Å². The van der Waals surface area contributed by atoms with E-state index in [1.807, 2.05) is 42.5 Å². The minimum Gasteiger partial charge on any atom is -0.488 e. The SMILES string of the molecule is C=Cc1ccc(COc2ccccc2-c2ccccc2)cc1. The van der Waals surface area contributed by atoms with Crippen LogP contribution in [0, 0.1) is 0 Å². The van der Waals surface area contributed by atoms with E-state index in [-0.39, 0.29) is 0 Å². The van der Waals surface area contributed by atoms with Crippen molar-refractivity contribution in [3.8, 4) is 16.9 Å². The Morgan fingerprint density at radius 3 is 2.18 bits per heavy atom. The number of benzene rings is 3. The van der Waals surface area contributed by atoms with Crippen LogP contribution in [0.15, 0.2) is 85.4 Å². The van der Waals surface area contributed by atoms with Crippen LogP contribution in [0.25, 0.3) is 17.2 Å². The highest BCUT2D eigenvalue weighted by Crippen LogP contribution is 2.30. The molecule has 3 aromatic carbocycles. The normalized spacial score (nSPS) is 10.2. The van der Waals surface area contributed by atoms with Crippen LogP contribution in [0.5, 0.6) is 5.75 Å². The second-order valence-corrected chi connectivity index (χ2v) is 5.10. The van der Waals surface area contributed by atoms with Crippen molar-refractivity contribution in [2.75, 3.05) is 0 Å². The van der Waals surface area contributed by atoms with Gasteiger partial charge in [0.2, 0.25) is 0 Å². The Hall–Kier alpha value is -2.80. The van der Waals surface area contributed by atoms with Crippen molar-refractivity contribution >= 4 is 6.08 Å². The number of hydrogen-bond acceptors (Lipinski definition) is 1. The van der Waals surface area contributed by atoms with Crippen molar-refractivity contribution < 1.29 is 4.74 Å². The lowest BCUT2D eigenvalue weighted by Crippen LogP contribution is -1.97. The second kappa shape index (κ2) is 6.77. The summed E-state index contributed by atoms with van der Waals surface area (Å²) in [6, 6.07) is 26.7. The first kappa shape index (κ1) is 14.2. The van der Waals surface area contributed by atoms with Crippen LogP contribution < -0.4 is 4.74 Å². The molecule has 0 N–H and O–H groups in total. The van der Waals surface area contributed by atoms with Gasteiger partial charge in [-0.2, -0.15) is 0 Å². The lowest BCUT2D eigenvalue weighted by molar-refractivity contribution is 0.307. The molecule has 0 unspecified atom stereocenters. The van der Waals surface area contributed by atoms with Gasteiger partial charge in [-0.25, -0.2) is 0 Å². The third kappa shape index (κ3) is 3.26.